The molecule has 0 spiro atoms. The van der Waals surface area contributed by atoms with Crippen molar-refractivity contribution in [3.63, 3.8) is 0 Å². The third kappa shape index (κ3) is 2.19. The van der Waals surface area contributed by atoms with E-state index in [2.05, 4.69) is 34.2 Å². The molecule has 3 heterocycles. The summed E-state index contributed by atoms with van der Waals surface area (Å²) >= 11 is 0. The van der Waals surface area contributed by atoms with E-state index in [-0.39, 0.29) is 23.2 Å². The molecule has 1 atom stereocenters. The van der Waals surface area contributed by atoms with E-state index in [1.807, 2.05) is 12.1 Å². The second-order valence-corrected chi connectivity index (χ2v) is 6.88. The van der Waals surface area contributed by atoms with Crippen molar-refractivity contribution in [3.8, 4) is 0 Å². The molecule has 0 unspecified atom stereocenters. The number of nitrogens with two attached hydrogens (primary N) is 1. The van der Waals surface area contributed by atoms with Crippen molar-refractivity contribution in [1.82, 2.24) is 19.7 Å². The standard InChI is InChI=1S/C16H18N6O/c1-16(2)7-10-12(11(23)8-16)13(9-3-5-18-6-4-9)22-15(19-10)20-14(17)21-22/h3-6,13H,7-8H2,1-2H3,(H3,17,19,20,21)/t13-/m1/s1. The third-order valence-corrected chi connectivity index (χ3v) is 4.37. The molecule has 3 N–H and O–H groups in total. The molecule has 7 nitrogen and oxygen atoms in total. The van der Waals surface area contributed by atoms with Gasteiger partial charge in [-0.25, -0.2) is 4.68 Å². The zero-order valence-corrected chi connectivity index (χ0v) is 13.1. The fourth-order valence-electron chi connectivity index (χ4n) is 3.48. The highest BCUT2D eigenvalue weighted by Gasteiger charge is 2.41. The van der Waals surface area contributed by atoms with E-state index in [0.29, 0.717) is 12.4 Å². The molecule has 0 saturated carbocycles. The Morgan fingerprint density at radius 1 is 1.30 bits per heavy atom. The molecule has 2 aromatic rings. The molecular formula is C16H18N6O. The molecule has 0 aromatic carbocycles. The van der Waals surface area contributed by atoms with Crippen LogP contribution in [0.5, 0.6) is 0 Å². The highest BCUT2D eigenvalue weighted by Crippen LogP contribution is 2.45. The van der Waals surface area contributed by atoms with Gasteiger partial charge >= 0.3 is 0 Å². The Hall–Kier alpha value is -2.70. The molecule has 1 aliphatic carbocycles. The van der Waals surface area contributed by atoms with Gasteiger partial charge in [0, 0.05) is 30.1 Å². The normalized spacial score (nSPS) is 22.3. The Balaban J connectivity index is 1.92. The molecule has 2 aliphatic rings. The molecule has 118 valence electrons. The Labute approximate surface area is 133 Å². The monoisotopic (exact) mass is 310 g/mol. The zero-order chi connectivity index (χ0) is 16.2. The zero-order valence-electron chi connectivity index (χ0n) is 13.1. The van der Waals surface area contributed by atoms with Gasteiger partial charge in [-0.3, -0.25) is 9.78 Å². The summed E-state index contributed by atoms with van der Waals surface area (Å²) in [5, 5.41) is 7.54. The van der Waals surface area contributed by atoms with Crippen LogP contribution in [-0.4, -0.2) is 25.5 Å². The maximum atomic E-state index is 12.8. The van der Waals surface area contributed by atoms with Crippen LogP contribution in [0, 0.1) is 5.41 Å². The Morgan fingerprint density at radius 2 is 2.04 bits per heavy atom. The van der Waals surface area contributed by atoms with Gasteiger partial charge in [-0.1, -0.05) is 13.8 Å². The van der Waals surface area contributed by atoms with E-state index in [0.717, 1.165) is 23.3 Å². The Kier molecular flexibility index (Phi) is 2.81. The molecule has 4 rings (SSSR count). The highest BCUT2D eigenvalue weighted by atomic mass is 16.1. The molecule has 0 fully saturated rings. The average molecular weight is 310 g/mol. The highest BCUT2D eigenvalue weighted by molar-refractivity contribution is 6.00. The first-order valence-electron chi connectivity index (χ1n) is 7.60. The molecule has 0 bridgehead atoms. The SMILES string of the molecule is CC1(C)CC(=O)C2=C(C1)Nc1nc(N)nn1[C@@H]2c1ccncc1. The molecule has 23 heavy (non-hydrogen) atoms. The lowest BCUT2D eigenvalue weighted by molar-refractivity contribution is -0.118. The third-order valence-electron chi connectivity index (χ3n) is 4.37. The minimum absolute atomic E-state index is 0.0700. The van der Waals surface area contributed by atoms with Gasteiger partial charge < -0.3 is 11.1 Å². The van der Waals surface area contributed by atoms with E-state index in [1.165, 1.54) is 0 Å². The van der Waals surface area contributed by atoms with Crippen molar-refractivity contribution in [3.05, 3.63) is 41.4 Å². The van der Waals surface area contributed by atoms with E-state index in [1.54, 1.807) is 17.1 Å². The maximum Gasteiger partial charge on any atom is 0.241 e. The summed E-state index contributed by atoms with van der Waals surface area (Å²) in [4.78, 5) is 21.1. The summed E-state index contributed by atoms with van der Waals surface area (Å²) in [5.74, 6) is 0.914. The van der Waals surface area contributed by atoms with Crippen LogP contribution in [0.25, 0.3) is 0 Å². The molecule has 1 aliphatic heterocycles. The fourth-order valence-corrected chi connectivity index (χ4v) is 3.48. The second kappa shape index (κ2) is 4.65. The number of rotatable bonds is 1. The number of anilines is 2. The molecule has 0 radical (unpaired) electrons. The quantitative estimate of drug-likeness (QED) is 0.835. The number of fused-ring (bicyclic) bond motifs is 1. The maximum absolute atomic E-state index is 12.8. The summed E-state index contributed by atoms with van der Waals surface area (Å²) < 4.78 is 1.69. The van der Waals surface area contributed by atoms with Crippen molar-refractivity contribution in [2.45, 2.75) is 32.7 Å². The molecule has 0 amide bonds. The second-order valence-electron chi connectivity index (χ2n) is 6.88. The van der Waals surface area contributed by atoms with Crippen molar-refractivity contribution in [2.75, 3.05) is 11.1 Å². The number of nitrogens with zero attached hydrogens (tertiary/aromatic N) is 4. The van der Waals surface area contributed by atoms with Crippen LogP contribution in [0.2, 0.25) is 0 Å². The van der Waals surface area contributed by atoms with Gasteiger partial charge in [0.2, 0.25) is 11.9 Å². The van der Waals surface area contributed by atoms with Crippen LogP contribution < -0.4 is 11.1 Å². The van der Waals surface area contributed by atoms with E-state index < -0.39 is 0 Å². The van der Waals surface area contributed by atoms with Crippen molar-refractivity contribution < 1.29 is 4.79 Å². The summed E-state index contributed by atoms with van der Waals surface area (Å²) in [7, 11) is 0. The van der Waals surface area contributed by atoms with Crippen molar-refractivity contribution >= 4 is 17.7 Å². The number of allylic oxidation sites excluding steroid dienone is 2. The van der Waals surface area contributed by atoms with Gasteiger partial charge in [-0.05, 0) is 29.5 Å². The number of hydrogen-bond acceptors (Lipinski definition) is 6. The van der Waals surface area contributed by atoms with E-state index >= 15 is 0 Å². The topological polar surface area (TPSA) is 98.7 Å². The van der Waals surface area contributed by atoms with Gasteiger partial charge in [0.15, 0.2) is 5.78 Å². The molecule has 0 saturated heterocycles. The number of carbonyl (C=O) groups is 1. The van der Waals surface area contributed by atoms with E-state index in [9.17, 15) is 4.79 Å². The number of nitrogen functional groups attached to an aromatic ring is 1. The first-order chi connectivity index (χ1) is 10.9. The van der Waals surface area contributed by atoms with E-state index in [4.69, 9.17) is 5.73 Å². The molecular weight excluding hydrogens is 292 g/mol. The summed E-state index contributed by atoms with van der Waals surface area (Å²) in [6, 6.07) is 3.49. The lowest BCUT2D eigenvalue weighted by Crippen LogP contribution is -2.36. The predicted molar refractivity (Wildman–Crippen MR) is 85.5 cm³/mol. The smallest absolute Gasteiger partial charge is 0.241 e. The van der Waals surface area contributed by atoms with Crippen LogP contribution in [0.15, 0.2) is 35.8 Å². The molecule has 7 heteroatoms. The first-order valence-corrected chi connectivity index (χ1v) is 7.60. The summed E-state index contributed by atoms with van der Waals surface area (Å²) in [6.07, 6.45) is 4.75. The average Bonchev–Trinajstić information content (AvgIpc) is 2.84. The van der Waals surface area contributed by atoms with Crippen LogP contribution >= 0.6 is 0 Å². The predicted octanol–water partition coefficient (Wildman–Crippen LogP) is 1.91. The van der Waals surface area contributed by atoms with Gasteiger partial charge in [-0.2, -0.15) is 4.98 Å². The van der Waals surface area contributed by atoms with Crippen LogP contribution in [0.4, 0.5) is 11.9 Å². The lowest BCUT2D eigenvalue weighted by atomic mass is 9.73. The number of nitrogens with one attached hydrogen (secondary N) is 1. The van der Waals surface area contributed by atoms with Crippen LogP contribution in [0.1, 0.15) is 38.3 Å². The Bertz CT molecular complexity index is 820. The lowest BCUT2D eigenvalue weighted by Gasteiger charge is -2.38. The van der Waals surface area contributed by atoms with Crippen molar-refractivity contribution in [1.29, 1.82) is 0 Å². The number of Topliss-reactive ketones (excluding diaryl/α,β-unsaturated/α-hetero) is 1. The summed E-state index contributed by atoms with van der Waals surface area (Å²) in [6.45, 7) is 4.21. The number of carbonyl (C=O) groups excluding carboxylic acids is 1. The van der Waals surface area contributed by atoms with Gasteiger partial charge in [0.1, 0.15) is 6.04 Å². The fraction of sp³-hybridized carbons (Fsp3) is 0.375. The largest absolute Gasteiger partial charge is 0.366 e. The first kappa shape index (κ1) is 13.9. The van der Waals surface area contributed by atoms with Crippen LogP contribution in [-0.2, 0) is 4.79 Å². The summed E-state index contributed by atoms with van der Waals surface area (Å²) in [5.41, 5.74) is 8.34. The Morgan fingerprint density at radius 3 is 2.78 bits per heavy atom. The number of ketones is 1. The van der Waals surface area contributed by atoms with Crippen LogP contribution in [0.3, 0.4) is 0 Å². The number of pyridine rings is 1. The van der Waals surface area contributed by atoms with Gasteiger partial charge in [0.25, 0.3) is 0 Å². The van der Waals surface area contributed by atoms with Crippen molar-refractivity contribution in [2.24, 2.45) is 5.41 Å². The minimum atomic E-state index is -0.308. The number of hydrogen-bond donors (Lipinski definition) is 2. The minimum Gasteiger partial charge on any atom is -0.366 e. The molecule has 2 aromatic heterocycles. The number of aromatic nitrogens is 4. The van der Waals surface area contributed by atoms with Gasteiger partial charge in [-0.15, -0.1) is 5.10 Å². The van der Waals surface area contributed by atoms with Gasteiger partial charge in [0.05, 0.1) is 0 Å².